The lowest BCUT2D eigenvalue weighted by molar-refractivity contribution is -0.116. The topological polar surface area (TPSA) is 89.6 Å². The molecule has 1 aliphatic heterocycles. The summed E-state index contributed by atoms with van der Waals surface area (Å²) in [6.45, 7) is 0.397. The van der Waals surface area contributed by atoms with Crippen molar-refractivity contribution < 1.29 is 18.3 Å². The minimum absolute atomic E-state index is 0.143. The van der Waals surface area contributed by atoms with Gasteiger partial charge in [-0.1, -0.05) is 23.7 Å². The maximum Gasteiger partial charge on any atom is 0.310 e. The molecule has 0 fully saturated rings. The van der Waals surface area contributed by atoms with Crippen LogP contribution in [-0.4, -0.2) is 29.4 Å². The zero-order chi connectivity index (χ0) is 18.9. The number of nitrogens with two attached hydrogens (primary N) is 1. The van der Waals surface area contributed by atoms with Gasteiger partial charge in [-0.3, -0.25) is 4.79 Å². The zero-order valence-electron chi connectivity index (χ0n) is 13.7. The number of hydrogen-bond acceptors (Lipinski definition) is 5. The summed E-state index contributed by atoms with van der Waals surface area (Å²) < 4.78 is 33.5. The molecule has 1 amide bonds. The maximum atomic E-state index is 14.4. The van der Waals surface area contributed by atoms with Crippen LogP contribution in [0.5, 0.6) is 0 Å². The fourth-order valence-electron chi connectivity index (χ4n) is 2.52. The van der Waals surface area contributed by atoms with Crippen LogP contribution in [0.1, 0.15) is 23.0 Å². The van der Waals surface area contributed by atoms with Gasteiger partial charge in [-0.25, -0.2) is 9.98 Å². The van der Waals surface area contributed by atoms with Crippen molar-refractivity contribution >= 4 is 29.2 Å². The van der Waals surface area contributed by atoms with E-state index < -0.39 is 24.0 Å². The van der Waals surface area contributed by atoms with Crippen molar-refractivity contribution in [3.8, 4) is 0 Å². The molecule has 26 heavy (non-hydrogen) atoms. The third kappa shape index (κ3) is 3.32. The van der Waals surface area contributed by atoms with Crippen LogP contribution in [0.15, 0.2) is 47.6 Å². The Bertz CT molecular complexity index is 873. The second-order valence-electron chi connectivity index (χ2n) is 5.91. The summed E-state index contributed by atoms with van der Waals surface area (Å²) in [5, 5.41) is 3.01. The van der Waals surface area contributed by atoms with E-state index in [0.717, 1.165) is 0 Å². The van der Waals surface area contributed by atoms with Crippen molar-refractivity contribution in [1.82, 2.24) is 4.98 Å². The normalized spacial score (nSPS) is 21.5. The summed E-state index contributed by atoms with van der Waals surface area (Å²) >= 11 is 5.74. The number of aliphatic imine (C=N–C) groups is 1. The third-order valence-corrected chi connectivity index (χ3v) is 4.31. The third-order valence-electron chi connectivity index (χ3n) is 4.09. The smallest absolute Gasteiger partial charge is 0.310 e. The van der Waals surface area contributed by atoms with Gasteiger partial charge in [0, 0.05) is 11.9 Å². The largest absolute Gasteiger partial charge is 0.459 e. The van der Waals surface area contributed by atoms with Crippen molar-refractivity contribution in [2.75, 3.05) is 11.9 Å². The van der Waals surface area contributed by atoms with Crippen LogP contribution in [-0.2, 0) is 10.3 Å². The van der Waals surface area contributed by atoms with E-state index in [9.17, 15) is 13.6 Å². The highest BCUT2D eigenvalue weighted by Crippen LogP contribution is 2.43. The fraction of sp³-hybridized carbons (Fsp3) is 0.235. The van der Waals surface area contributed by atoms with Gasteiger partial charge in [0.2, 0.25) is 0 Å². The number of amides is 1. The molecule has 3 N–H and O–H groups in total. The van der Waals surface area contributed by atoms with E-state index in [0.29, 0.717) is 10.7 Å². The summed E-state index contributed by atoms with van der Waals surface area (Å²) in [6, 6.07) is 8.71. The number of halogens is 3. The Balaban J connectivity index is 1.90. The van der Waals surface area contributed by atoms with E-state index >= 15 is 0 Å². The van der Waals surface area contributed by atoms with E-state index in [1.165, 1.54) is 37.4 Å². The average molecular weight is 381 g/mol. The molecule has 1 aromatic carbocycles. The van der Waals surface area contributed by atoms with Gasteiger partial charge in [-0.2, -0.15) is 8.78 Å². The standard InChI is InChI=1S/C17H15ClF2N4O2/c1-16(17(19,20)9-26-15(21)24-16)10-3-2-4-12(7-10)23-14(25)13-6-5-11(18)8-22-13/h2-8H,9H2,1H3,(H2,21,24)(H,23,25)/t16-/m1/s1. The summed E-state index contributed by atoms with van der Waals surface area (Å²) in [5.74, 6) is -3.76. The highest BCUT2D eigenvalue weighted by atomic mass is 35.5. The number of pyridine rings is 1. The van der Waals surface area contributed by atoms with Crippen molar-refractivity contribution in [2.45, 2.75) is 18.4 Å². The van der Waals surface area contributed by atoms with Crippen LogP contribution in [0.2, 0.25) is 5.02 Å². The predicted molar refractivity (Wildman–Crippen MR) is 93.5 cm³/mol. The number of nitrogens with one attached hydrogen (secondary N) is 1. The number of hydrogen-bond donors (Lipinski definition) is 2. The monoisotopic (exact) mass is 380 g/mol. The lowest BCUT2D eigenvalue weighted by atomic mass is 9.85. The van der Waals surface area contributed by atoms with Crippen molar-refractivity contribution in [3.05, 3.63) is 58.9 Å². The number of amidine groups is 1. The summed E-state index contributed by atoms with van der Waals surface area (Å²) in [4.78, 5) is 20.0. The molecule has 3 rings (SSSR count). The highest BCUT2D eigenvalue weighted by Gasteiger charge is 2.55. The molecule has 0 spiro atoms. The molecule has 2 heterocycles. The van der Waals surface area contributed by atoms with Gasteiger partial charge in [-0.15, -0.1) is 0 Å². The molecule has 0 saturated heterocycles. The Morgan fingerprint density at radius 2 is 2.12 bits per heavy atom. The highest BCUT2D eigenvalue weighted by molar-refractivity contribution is 6.30. The first kappa shape index (κ1) is 18.1. The molecule has 1 atom stereocenters. The molecule has 0 bridgehead atoms. The van der Waals surface area contributed by atoms with Crippen molar-refractivity contribution in [3.63, 3.8) is 0 Å². The average Bonchev–Trinajstić information content (AvgIpc) is 2.59. The van der Waals surface area contributed by atoms with E-state index in [1.54, 1.807) is 12.1 Å². The molecule has 136 valence electrons. The molecule has 1 aliphatic rings. The molecular weight excluding hydrogens is 366 g/mol. The Hall–Kier alpha value is -2.74. The lowest BCUT2D eigenvalue weighted by Crippen LogP contribution is -2.50. The molecule has 0 saturated carbocycles. The van der Waals surface area contributed by atoms with E-state index in [4.69, 9.17) is 17.3 Å². The number of nitrogens with zero attached hydrogens (tertiary/aromatic N) is 2. The van der Waals surface area contributed by atoms with Gasteiger partial charge < -0.3 is 15.8 Å². The Morgan fingerprint density at radius 3 is 2.81 bits per heavy atom. The maximum absolute atomic E-state index is 14.4. The summed E-state index contributed by atoms with van der Waals surface area (Å²) in [6.07, 6.45) is 1.34. The van der Waals surface area contributed by atoms with Gasteiger partial charge in [0.25, 0.3) is 11.9 Å². The molecule has 2 aromatic rings. The van der Waals surface area contributed by atoms with Crippen LogP contribution >= 0.6 is 11.6 Å². The van der Waals surface area contributed by atoms with Gasteiger partial charge in [0.15, 0.2) is 12.1 Å². The van der Waals surface area contributed by atoms with Crippen LogP contribution in [0.3, 0.4) is 0 Å². The van der Waals surface area contributed by atoms with E-state index in [-0.39, 0.29) is 17.3 Å². The van der Waals surface area contributed by atoms with Gasteiger partial charge >= 0.3 is 5.92 Å². The Kier molecular flexibility index (Phi) is 4.53. The second-order valence-corrected chi connectivity index (χ2v) is 6.35. The first-order valence-corrected chi connectivity index (χ1v) is 7.98. The summed E-state index contributed by atoms with van der Waals surface area (Å²) in [7, 11) is 0. The predicted octanol–water partition coefficient (Wildman–Crippen LogP) is 3.18. The van der Waals surface area contributed by atoms with E-state index in [1.807, 2.05) is 0 Å². The number of alkyl halides is 2. The van der Waals surface area contributed by atoms with Crippen molar-refractivity contribution in [2.24, 2.45) is 10.7 Å². The Morgan fingerprint density at radius 1 is 1.35 bits per heavy atom. The first-order valence-electron chi connectivity index (χ1n) is 7.61. The lowest BCUT2D eigenvalue weighted by Gasteiger charge is -2.37. The van der Waals surface area contributed by atoms with Crippen LogP contribution in [0, 0.1) is 0 Å². The minimum Gasteiger partial charge on any atom is -0.459 e. The summed E-state index contributed by atoms with van der Waals surface area (Å²) in [5.41, 5.74) is 4.23. The number of carbonyl (C=O) groups excluding carboxylic acids is 1. The number of rotatable bonds is 3. The molecule has 0 radical (unpaired) electrons. The molecule has 6 nitrogen and oxygen atoms in total. The number of benzene rings is 1. The second kappa shape index (κ2) is 6.53. The van der Waals surface area contributed by atoms with Crippen LogP contribution < -0.4 is 11.1 Å². The quantitative estimate of drug-likeness (QED) is 0.855. The molecule has 0 aliphatic carbocycles. The van der Waals surface area contributed by atoms with Gasteiger partial charge in [-0.05, 0) is 36.8 Å². The van der Waals surface area contributed by atoms with Gasteiger partial charge in [0.1, 0.15) is 5.69 Å². The molecule has 9 heteroatoms. The van der Waals surface area contributed by atoms with Crippen LogP contribution in [0.25, 0.3) is 0 Å². The SMILES string of the molecule is C[C@]1(c2cccc(NC(=O)c3ccc(Cl)cn3)c2)N=C(N)OCC1(F)F. The minimum atomic E-state index is -3.27. The van der Waals surface area contributed by atoms with Crippen molar-refractivity contribution in [1.29, 1.82) is 0 Å². The number of ether oxygens (including phenoxy) is 1. The fourth-order valence-corrected chi connectivity index (χ4v) is 2.63. The molecule has 0 unspecified atom stereocenters. The Labute approximate surface area is 153 Å². The molecule has 1 aromatic heterocycles. The zero-order valence-corrected chi connectivity index (χ0v) is 14.4. The van der Waals surface area contributed by atoms with Crippen LogP contribution in [0.4, 0.5) is 14.5 Å². The number of carbonyl (C=O) groups is 1. The van der Waals surface area contributed by atoms with E-state index in [2.05, 4.69) is 20.0 Å². The van der Waals surface area contributed by atoms with Gasteiger partial charge in [0.05, 0.1) is 5.02 Å². The number of anilines is 1. The number of aromatic nitrogens is 1. The molecular formula is C17H15ClF2N4O2. The first-order chi connectivity index (χ1) is 12.2.